The number of nitrogens with one attached hydrogen (secondary N) is 2. The number of amides is 1. The molecule has 12 heteroatoms. The average molecular weight is 664 g/mol. The van der Waals surface area contributed by atoms with Gasteiger partial charge in [0.2, 0.25) is 0 Å². The first-order chi connectivity index (χ1) is 22.2. The number of thiazole rings is 1. The van der Waals surface area contributed by atoms with Crippen molar-refractivity contribution in [1.82, 2.24) is 20.2 Å². The maximum Gasteiger partial charge on any atom is 0.407 e. The minimum absolute atomic E-state index is 0.101. The highest BCUT2D eigenvalue weighted by Crippen LogP contribution is 2.40. The molecule has 1 amide bonds. The van der Waals surface area contributed by atoms with Crippen LogP contribution in [0.1, 0.15) is 73.0 Å². The molecule has 244 valence electrons. The van der Waals surface area contributed by atoms with Crippen molar-refractivity contribution < 1.29 is 23.3 Å². The average Bonchev–Trinajstić information content (AvgIpc) is 3.62. The molecular weight excluding hydrogens is 623 g/mol. The SMILES string of the molecule is Cc1cc(Cc2ccc(-c3cnc(C4CCC(NC(=O)OC(C)C)CC4)s3)c(S(=N)(=O)C3COC3)c2)nn1OCc1ccccc1. The van der Waals surface area contributed by atoms with E-state index < -0.39 is 9.73 Å². The van der Waals surface area contributed by atoms with Crippen molar-refractivity contribution in [3.63, 3.8) is 0 Å². The summed E-state index contributed by atoms with van der Waals surface area (Å²) in [6.07, 6.45) is 5.42. The van der Waals surface area contributed by atoms with Crippen LogP contribution in [0.15, 0.2) is 65.7 Å². The van der Waals surface area contributed by atoms with Gasteiger partial charge in [-0.3, -0.25) is 0 Å². The van der Waals surface area contributed by atoms with Crippen LogP contribution in [-0.2, 0) is 32.2 Å². The fraction of sp³-hybridized carbons (Fsp3) is 0.441. The highest BCUT2D eigenvalue weighted by molar-refractivity contribution is 7.93. The maximum atomic E-state index is 14.0. The number of benzene rings is 2. The molecule has 2 N–H and O–H groups in total. The van der Waals surface area contributed by atoms with Gasteiger partial charge in [-0.1, -0.05) is 42.5 Å². The van der Waals surface area contributed by atoms with Gasteiger partial charge < -0.3 is 19.6 Å². The predicted molar refractivity (Wildman–Crippen MR) is 178 cm³/mol. The third-order valence-corrected chi connectivity index (χ3v) is 11.9. The minimum atomic E-state index is -3.13. The molecule has 0 radical (unpaired) electrons. The number of alkyl carbamates (subject to hydrolysis) is 1. The van der Waals surface area contributed by atoms with Gasteiger partial charge in [0.1, 0.15) is 6.61 Å². The number of carbonyl (C=O) groups is 1. The van der Waals surface area contributed by atoms with Gasteiger partial charge in [0.25, 0.3) is 0 Å². The summed E-state index contributed by atoms with van der Waals surface area (Å²) in [5.74, 6) is 0.295. The molecule has 1 aliphatic carbocycles. The van der Waals surface area contributed by atoms with Crippen molar-refractivity contribution in [1.29, 1.82) is 4.78 Å². The van der Waals surface area contributed by atoms with E-state index in [0.717, 1.165) is 63.6 Å². The van der Waals surface area contributed by atoms with Crippen molar-refractivity contribution >= 4 is 27.2 Å². The van der Waals surface area contributed by atoms with E-state index in [2.05, 4.69) is 10.4 Å². The Hall–Kier alpha value is -3.74. The molecule has 2 aromatic heterocycles. The monoisotopic (exact) mass is 663 g/mol. The van der Waals surface area contributed by atoms with Crippen LogP contribution < -0.4 is 10.2 Å². The lowest BCUT2D eigenvalue weighted by Gasteiger charge is -2.29. The standard InChI is InChI=1S/C34H41N5O5S2/c1-22(2)44-34(40)37-27-12-10-26(11-13-27)33-36-18-31(45-33)30-14-9-25(17-32(30)46(35,41)29-20-42-21-29)16-28-15-23(3)39(38-28)43-19-24-7-5-4-6-8-24/h4-9,14-15,17-18,22,26-27,29,35H,10-13,16,19-21H2,1-3H3,(H,37,40). The number of hydrogen-bond donors (Lipinski definition) is 2. The molecule has 10 nitrogen and oxygen atoms in total. The lowest BCUT2D eigenvalue weighted by molar-refractivity contribution is 0.0427. The van der Waals surface area contributed by atoms with E-state index in [4.69, 9.17) is 24.1 Å². The Balaban J connectivity index is 1.18. The molecule has 4 aromatic rings. The van der Waals surface area contributed by atoms with Crippen LogP contribution in [-0.4, -0.2) is 55.8 Å². The number of hydrogen-bond acceptors (Lipinski definition) is 9. The molecule has 2 fully saturated rings. The largest absolute Gasteiger partial charge is 0.447 e. The predicted octanol–water partition coefficient (Wildman–Crippen LogP) is 6.50. The Labute approximate surface area is 274 Å². The zero-order valence-electron chi connectivity index (χ0n) is 26.4. The van der Waals surface area contributed by atoms with Crippen LogP contribution in [0.4, 0.5) is 4.79 Å². The van der Waals surface area contributed by atoms with Crippen LogP contribution in [0.3, 0.4) is 0 Å². The molecule has 1 aliphatic heterocycles. The van der Waals surface area contributed by atoms with Crippen molar-refractivity contribution in [2.24, 2.45) is 0 Å². The second kappa shape index (κ2) is 13.9. The zero-order valence-corrected chi connectivity index (χ0v) is 28.1. The molecule has 1 saturated heterocycles. The summed E-state index contributed by atoms with van der Waals surface area (Å²) in [6, 6.07) is 18.0. The van der Waals surface area contributed by atoms with Crippen LogP contribution in [0, 0.1) is 11.7 Å². The molecule has 1 saturated carbocycles. The Morgan fingerprint density at radius 1 is 1.11 bits per heavy atom. The van der Waals surface area contributed by atoms with Gasteiger partial charge in [-0.15, -0.1) is 21.3 Å². The van der Waals surface area contributed by atoms with Gasteiger partial charge in [0, 0.05) is 30.1 Å². The van der Waals surface area contributed by atoms with Crippen molar-refractivity contribution in [2.45, 2.75) is 87.7 Å². The number of aryl methyl sites for hydroxylation is 1. The highest BCUT2D eigenvalue weighted by atomic mass is 32.2. The fourth-order valence-corrected chi connectivity index (χ4v) is 8.83. The smallest absolute Gasteiger partial charge is 0.407 e. The van der Waals surface area contributed by atoms with E-state index in [-0.39, 0.29) is 23.5 Å². The fourth-order valence-electron chi connectivity index (χ4n) is 5.87. The van der Waals surface area contributed by atoms with E-state index >= 15 is 0 Å². The van der Waals surface area contributed by atoms with Crippen LogP contribution in [0.25, 0.3) is 10.4 Å². The minimum Gasteiger partial charge on any atom is -0.447 e. The number of nitrogens with zero attached hydrogens (tertiary/aromatic N) is 3. The summed E-state index contributed by atoms with van der Waals surface area (Å²) in [5, 5.41) is 8.34. The molecule has 1 atom stereocenters. The van der Waals surface area contributed by atoms with E-state index in [0.29, 0.717) is 37.1 Å². The summed E-state index contributed by atoms with van der Waals surface area (Å²) < 4.78 is 33.7. The molecule has 6 rings (SSSR count). The Kier molecular flexibility index (Phi) is 9.76. The second-order valence-corrected chi connectivity index (χ2v) is 15.8. The van der Waals surface area contributed by atoms with Gasteiger partial charge in [0.05, 0.1) is 60.5 Å². The van der Waals surface area contributed by atoms with Crippen molar-refractivity contribution in [2.75, 3.05) is 13.2 Å². The Morgan fingerprint density at radius 3 is 2.57 bits per heavy atom. The molecular formula is C34H41N5O5S2. The third-order valence-electron chi connectivity index (χ3n) is 8.46. The van der Waals surface area contributed by atoms with Gasteiger partial charge >= 0.3 is 6.09 Å². The molecule has 2 aliphatic rings. The molecule has 0 bridgehead atoms. The molecule has 3 heterocycles. The zero-order chi connectivity index (χ0) is 32.3. The van der Waals surface area contributed by atoms with E-state index in [9.17, 15) is 9.00 Å². The molecule has 46 heavy (non-hydrogen) atoms. The van der Waals surface area contributed by atoms with Gasteiger partial charge in [-0.2, -0.15) is 0 Å². The van der Waals surface area contributed by atoms with Gasteiger partial charge in [-0.25, -0.2) is 18.8 Å². The summed E-state index contributed by atoms with van der Waals surface area (Å²) in [4.78, 5) is 25.7. The van der Waals surface area contributed by atoms with Crippen LogP contribution in [0.5, 0.6) is 0 Å². The van der Waals surface area contributed by atoms with Crippen molar-refractivity contribution in [3.8, 4) is 10.4 Å². The third kappa shape index (κ3) is 7.45. The second-order valence-electron chi connectivity index (χ2n) is 12.4. The number of aromatic nitrogens is 3. The number of carbonyl (C=O) groups excluding carboxylic acids is 1. The summed E-state index contributed by atoms with van der Waals surface area (Å²) >= 11 is 1.61. The Bertz CT molecular complexity index is 1760. The maximum absolute atomic E-state index is 14.0. The van der Waals surface area contributed by atoms with Gasteiger partial charge in [0.15, 0.2) is 0 Å². The highest BCUT2D eigenvalue weighted by Gasteiger charge is 2.33. The lowest BCUT2D eigenvalue weighted by atomic mass is 9.86. The molecule has 1 unspecified atom stereocenters. The van der Waals surface area contributed by atoms with Crippen molar-refractivity contribution in [3.05, 3.63) is 88.3 Å². The summed E-state index contributed by atoms with van der Waals surface area (Å²) in [7, 11) is -3.13. The lowest BCUT2D eigenvalue weighted by Crippen LogP contribution is -2.40. The van der Waals surface area contributed by atoms with E-state index in [1.165, 1.54) is 0 Å². The molecule has 2 aromatic carbocycles. The molecule has 0 spiro atoms. The van der Waals surface area contributed by atoms with E-state index in [1.54, 1.807) is 16.2 Å². The number of ether oxygens (including phenoxy) is 2. The first kappa shape index (κ1) is 32.2. The first-order valence-electron chi connectivity index (χ1n) is 15.8. The van der Waals surface area contributed by atoms with Crippen LogP contribution in [0.2, 0.25) is 0 Å². The quantitative estimate of drug-likeness (QED) is 0.188. The van der Waals surface area contributed by atoms with Crippen LogP contribution >= 0.6 is 11.3 Å². The first-order valence-corrected chi connectivity index (χ1v) is 18.2. The van der Waals surface area contributed by atoms with E-state index in [1.807, 2.05) is 81.6 Å². The normalized spacial score (nSPS) is 19.7. The number of rotatable bonds is 11. The topological polar surface area (TPSA) is 128 Å². The summed E-state index contributed by atoms with van der Waals surface area (Å²) in [5.41, 5.74) is 4.49. The summed E-state index contributed by atoms with van der Waals surface area (Å²) in [6.45, 7) is 6.69. The Morgan fingerprint density at radius 2 is 1.87 bits per heavy atom. The van der Waals surface area contributed by atoms with Gasteiger partial charge in [-0.05, 0) is 69.7 Å².